The second-order valence-electron chi connectivity index (χ2n) is 5.12. The Hall–Kier alpha value is -1.65. The molecule has 1 heterocycles. The molecule has 0 radical (unpaired) electrons. The number of likely N-dealkylation sites (N-methyl/N-ethyl adjacent to an activating group) is 1. The van der Waals surface area contributed by atoms with E-state index in [-0.39, 0.29) is 12.2 Å². The Morgan fingerprint density at radius 3 is 3.00 bits per heavy atom. The van der Waals surface area contributed by atoms with Crippen LogP contribution in [-0.4, -0.2) is 36.9 Å². The van der Waals surface area contributed by atoms with Crippen molar-refractivity contribution in [3.63, 3.8) is 0 Å². The minimum absolute atomic E-state index is 0.104. The van der Waals surface area contributed by atoms with Crippen LogP contribution in [0.15, 0.2) is 36.5 Å². The van der Waals surface area contributed by atoms with Crippen molar-refractivity contribution < 1.29 is 9.47 Å². The van der Waals surface area contributed by atoms with Crippen molar-refractivity contribution in [2.75, 3.05) is 13.7 Å². The molecule has 0 spiro atoms. The standard InChI is InChI=1S/C16H20N2O2/c1-3-17-14-9-15(16(14)19-2)20-12-8-11-6-4-5-7-13(11)18-10-12/h4-8,10,14-17H,3,9H2,1-2H3. The van der Waals surface area contributed by atoms with Gasteiger partial charge in [0.05, 0.1) is 11.7 Å². The van der Waals surface area contributed by atoms with E-state index in [2.05, 4.69) is 17.2 Å². The summed E-state index contributed by atoms with van der Waals surface area (Å²) in [5, 5.41) is 4.51. The van der Waals surface area contributed by atoms with Gasteiger partial charge in [0.2, 0.25) is 0 Å². The maximum Gasteiger partial charge on any atom is 0.138 e. The third-order valence-corrected chi connectivity index (χ3v) is 3.84. The second-order valence-corrected chi connectivity index (χ2v) is 5.12. The van der Waals surface area contributed by atoms with Crippen LogP contribution in [0.1, 0.15) is 13.3 Å². The van der Waals surface area contributed by atoms with E-state index in [0.29, 0.717) is 6.04 Å². The fraction of sp³-hybridized carbons (Fsp3) is 0.438. The van der Waals surface area contributed by atoms with Gasteiger partial charge in [0, 0.05) is 25.0 Å². The SMILES string of the molecule is CCNC1CC(Oc2cnc3ccccc3c2)C1OC. The molecule has 1 fully saturated rings. The van der Waals surface area contributed by atoms with Gasteiger partial charge in [-0.05, 0) is 18.7 Å². The summed E-state index contributed by atoms with van der Waals surface area (Å²) in [5.74, 6) is 0.811. The number of ether oxygens (including phenoxy) is 2. The summed E-state index contributed by atoms with van der Waals surface area (Å²) in [5.41, 5.74) is 0.988. The van der Waals surface area contributed by atoms with Gasteiger partial charge < -0.3 is 14.8 Å². The van der Waals surface area contributed by atoms with E-state index in [1.165, 1.54) is 0 Å². The minimum Gasteiger partial charge on any atom is -0.486 e. The molecule has 0 amide bonds. The lowest BCUT2D eigenvalue weighted by Gasteiger charge is -2.43. The highest BCUT2D eigenvalue weighted by molar-refractivity contribution is 5.79. The molecule has 3 unspecified atom stereocenters. The molecule has 0 bridgehead atoms. The molecule has 1 aliphatic carbocycles. The van der Waals surface area contributed by atoms with E-state index >= 15 is 0 Å². The van der Waals surface area contributed by atoms with Gasteiger partial charge in [-0.2, -0.15) is 0 Å². The van der Waals surface area contributed by atoms with E-state index in [4.69, 9.17) is 9.47 Å². The van der Waals surface area contributed by atoms with Crippen LogP contribution in [0.5, 0.6) is 5.75 Å². The first-order valence-electron chi connectivity index (χ1n) is 7.09. The number of benzene rings is 1. The molecule has 1 aromatic carbocycles. The van der Waals surface area contributed by atoms with Crippen LogP contribution in [0.4, 0.5) is 0 Å². The molecule has 4 nitrogen and oxygen atoms in total. The Balaban J connectivity index is 1.70. The molecule has 3 atom stereocenters. The Morgan fingerprint density at radius 1 is 1.35 bits per heavy atom. The van der Waals surface area contributed by atoms with Crippen molar-refractivity contribution >= 4 is 10.9 Å². The molecule has 1 saturated carbocycles. The number of hydrogen-bond acceptors (Lipinski definition) is 4. The van der Waals surface area contributed by atoms with E-state index in [1.54, 1.807) is 13.3 Å². The maximum atomic E-state index is 6.01. The molecule has 0 saturated heterocycles. The molecule has 1 aromatic heterocycles. The molecule has 106 valence electrons. The molecule has 4 heteroatoms. The van der Waals surface area contributed by atoms with Crippen molar-refractivity contribution in [3.8, 4) is 5.75 Å². The van der Waals surface area contributed by atoms with E-state index in [1.807, 2.05) is 30.3 Å². The normalized spacial score (nSPS) is 25.4. The van der Waals surface area contributed by atoms with Crippen molar-refractivity contribution in [1.29, 1.82) is 0 Å². The van der Waals surface area contributed by atoms with Crippen LogP contribution in [0, 0.1) is 0 Å². The van der Waals surface area contributed by atoms with Gasteiger partial charge in [-0.3, -0.25) is 4.98 Å². The maximum absolute atomic E-state index is 6.01. The smallest absolute Gasteiger partial charge is 0.138 e. The molecular weight excluding hydrogens is 252 g/mol. The molecular formula is C16H20N2O2. The lowest BCUT2D eigenvalue weighted by Crippen LogP contribution is -2.60. The van der Waals surface area contributed by atoms with Crippen molar-refractivity contribution in [1.82, 2.24) is 10.3 Å². The van der Waals surface area contributed by atoms with Crippen LogP contribution in [-0.2, 0) is 4.74 Å². The van der Waals surface area contributed by atoms with Gasteiger partial charge in [0.25, 0.3) is 0 Å². The van der Waals surface area contributed by atoms with Gasteiger partial charge in [-0.15, -0.1) is 0 Å². The summed E-state index contributed by atoms with van der Waals surface area (Å²) in [6.45, 7) is 3.06. The summed E-state index contributed by atoms with van der Waals surface area (Å²) < 4.78 is 11.5. The highest BCUT2D eigenvalue weighted by Gasteiger charge is 2.42. The molecule has 20 heavy (non-hydrogen) atoms. The van der Waals surface area contributed by atoms with Gasteiger partial charge in [-0.1, -0.05) is 25.1 Å². The van der Waals surface area contributed by atoms with Gasteiger partial charge in [0.1, 0.15) is 18.0 Å². The highest BCUT2D eigenvalue weighted by atomic mass is 16.5. The number of nitrogens with one attached hydrogen (secondary N) is 1. The number of methoxy groups -OCH3 is 1. The Bertz CT molecular complexity index is 587. The minimum atomic E-state index is 0.104. The van der Waals surface area contributed by atoms with E-state index in [0.717, 1.165) is 29.6 Å². The number of rotatable bonds is 5. The van der Waals surface area contributed by atoms with Crippen LogP contribution in [0.25, 0.3) is 10.9 Å². The monoisotopic (exact) mass is 272 g/mol. The first kappa shape index (κ1) is 13.3. The second kappa shape index (κ2) is 5.77. The third kappa shape index (κ3) is 2.49. The number of pyridine rings is 1. The van der Waals surface area contributed by atoms with Gasteiger partial charge in [-0.25, -0.2) is 0 Å². The van der Waals surface area contributed by atoms with Crippen LogP contribution >= 0.6 is 0 Å². The van der Waals surface area contributed by atoms with Gasteiger partial charge in [0.15, 0.2) is 0 Å². The fourth-order valence-corrected chi connectivity index (χ4v) is 2.76. The average molecular weight is 272 g/mol. The molecule has 2 aromatic rings. The molecule has 0 aliphatic heterocycles. The first-order chi connectivity index (χ1) is 9.81. The highest BCUT2D eigenvalue weighted by Crippen LogP contribution is 2.29. The Morgan fingerprint density at radius 2 is 2.20 bits per heavy atom. The third-order valence-electron chi connectivity index (χ3n) is 3.84. The fourth-order valence-electron chi connectivity index (χ4n) is 2.76. The first-order valence-corrected chi connectivity index (χ1v) is 7.09. The summed E-state index contributed by atoms with van der Waals surface area (Å²) in [7, 11) is 1.74. The van der Waals surface area contributed by atoms with Crippen LogP contribution in [0.2, 0.25) is 0 Å². The van der Waals surface area contributed by atoms with Crippen LogP contribution < -0.4 is 10.1 Å². The lowest BCUT2D eigenvalue weighted by molar-refractivity contribution is -0.0884. The average Bonchev–Trinajstić information content (AvgIpc) is 2.46. The van der Waals surface area contributed by atoms with Crippen LogP contribution in [0.3, 0.4) is 0 Å². The summed E-state index contributed by atoms with van der Waals surface area (Å²) >= 11 is 0. The van der Waals surface area contributed by atoms with E-state index < -0.39 is 0 Å². The largest absolute Gasteiger partial charge is 0.486 e. The summed E-state index contributed by atoms with van der Waals surface area (Å²) in [6, 6.07) is 10.5. The number of aromatic nitrogens is 1. The van der Waals surface area contributed by atoms with Crippen molar-refractivity contribution in [3.05, 3.63) is 36.5 Å². The number of fused-ring (bicyclic) bond motifs is 1. The summed E-state index contributed by atoms with van der Waals surface area (Å²) in [6.07, 6.45) is 2.97. The van der Waals surface area contributed by atoms with E-state index in [9.17, 15) is 0 Å². The van der Waals surface area contributed by atoms with Crippen molar-refractivity contribution in [2.24, 2.45) is 0 Å². The quantitative estimate of drug-likeness (QED) is 0.907. The molecule has 1 N–H and O–H groups in total. The molecule has 3 rings (SSSR count). The van der Waals surface area contributed by atoms with Gasteiger partial charge >= 0.3 is 0 Å². The number of nitrogens with zero attached hydrogens (tertiary/aromatic N) is 1. The Labute approximate surface area is 119 Å². The number of para-hydroxylation sites is 1. The molecule has 1 aliphatic rings. The predicted molar refractivity (Wildman–Crippen MR) is 79.0 cm³/mol. The zero-order valence-electron chi connectivity index (χ0n) is 11.9. The topological polar surface area (TPSA) is 43.4 Å². The lowest BCUT2D eigenvalue weighted by atomic mass is 9.85. The number of hydrogen-bond donors (Lipinski definition) is 1. The van der Waals surface area contributed by atoms with Crippen molar-refractivity contribution in [2.45, 2.75) is 31.6 Å². The Kier molecular flexibility index (Phi) is 3.85. The summed E-state index contributed by atoms with van der Waals surface area (Å²) in [4.78, 5) is 4.42. The zero-order valence-corrected chi connectivity index (χ0v) is 11.9. The predicted octanol–water partition coefficient (Wildman–Crippen LogP) is 2.38. The zero-order chi connectivity index (χ0) is 13.9.